The van der Waals surface area contributed by atoms with E-state index in [1.54, 1.807) is 7.05 Å². The van der Waals surface area contributed by atoms with E-state index in [2.05, 4.69) is 17.2 Å². The summed E-state index contributed by atoms with van der Waals surface area (Å²) in [6.45, 7) is 0.485. The van der Waals surface area contributed by atoms with Gasteiger partial charge in [0.15, 0.2) is 0 Å². The first kappa shape index (κ1) is 11.1. The molecular weight excluding hydrogens is 199 g/mol. The van der Waals surface area contributed by atoms with Gasteiger partial charge in [-0.25, -0.2) is 0 Å². The highest BCUT2D eigenvalue weighted by atomic mass is 19.1. The van der Waals surface area contributed by atoms with E-state index in [0.717, 1.165) is 12.1 Å². The highest BCUT2D eigenvalue weighted by Crippen LogP contribution is 2.17. The zero-order valence-electron chi connectivity index (χ0n) is 8.08. The molecule has 0 unspecified atom stereocenters. The molecule has 5 heteroatoms. The Hall–Kier alpha value is -1.93. The average molecular weight is 208 g/mol. The molecule has 78 valence electrons. The number of halogens is 1. The lowest BCUT2D eigenvalue weighted by atomic mass is 10.2. The van der Waals surface area contributed by atoms with Crippen LogP contribution >= 0.6 is 0 Å². The van der Waals surface area contributed by atoms with Crippen LogP contribution in [0, 0.1) is 27.8 Å². The molecule has 4 nitrogen and oxygen atoms in total. The van der Waals surface area contributed by atoms with Crippen molar-refractivity contribution in [2.24, 2.45) is 0 Å². The molecule has 1 rings (SSSR count). The van der Waals surface area contributed by atoms with Gasteiger partial charge >= 0.3 is 5.69 Å². The molecule has 0 bridgehead atoms. The molecule has 0 saturated carbocycles. The Morgan fingerprint density at radius 3 is 2.87 bits per heavy atom. The van der Waals surface area contributed by atoms with Crippen LogP contribution in [0.2, 0.25) is 0 Å². The Labute approximate surface area is 86.3 Å². The van der Waals surface area contributed by atoms with Crippen molar-refractivity contribution in [3.8, 4) is 11.8 Å². The van der Waals surface area contributed by atoms with Crippen LogP contribution < -0.4 is 5.32 Å². The molecule has 0 aliphatic carbocycles. The summed E-state index contributed by atoms with van der Waals surface area (Å²) in [5.41, 5.74) is -0.109. The lowest BCUT2D eigenvalue weighted by Crippen LogP contribution is -2.04. The van der Waals surface area contributed by atoms with Crippen molar-refractivity contribution in [3.63, 3.8) is 0 Å². The Balaban J connectivity index is 2.93. The van der Waals surface area contributed by atoms with Crippen molar-refractivity contribution in [1.29, 1.82) is 0 Å². The second kappa shape index (κ2) is 5.08. The molecule has 0 aliphatic rings. The SMILES string of the molecule is CNCC#Cc1ccc([N+](=O)[O-])c(F)c1. The van der Waals surface area contributed by atoms with Crippen molar-refractivity contribution < 1.29 is 9.31 Å². The quantitative estimate of drug-likeness (QED) is 0.453. The number of nitrogens with zero attached hydrogens (tertiary/aromatic N) is 1. The van der Waals surface area contributed by atoms with Crippen molar-refractivity contribution in [1.82, 2.24) is 5.32 Å². The van der Waals surface area contributed by atoms with Gasteiger partial charge in [-0.15, -0.1) is 0 Å². The fourth-order valence-corrected chi connectivity index (χ4v) is 0.967. The van der Waals surface area contributed by atoms with Crippen LogP contribution in [-0.4, -0.2) is 18.5 Å². The molecule has 0 spiro atoms. The van der Waals surface area contributed by atoms with Crippen LogP contribution in [0.4, 0.5) is 10.1 Å². The number of benzene rings is 1. The van der Waals surface area contributed by atoms with E-state index in [1.807, 2.05) is 0 Å². The van der Waals surface area contributed by atoms with Crippen LogP contribution in [0.3, 0.4) is 0 Å². The zero-order valence-corrected chi connectivity index (χ0v) is 8.08. The van der Waals surface area contributed by atoms with Crippen LogP contribution in [0.5, 0.6) is 0 Å². The molecule has 0 aliphatic heterocycles. The molecule has 0 radical (unpaired) electrons. The van der Waals surface area contributed by atoms with Gasteiger partial charge in [0.1, 0.15) is 0 Å². The predicted octanol–water partition coefficient (Wildman–Crippen LogP) is 1.30. The van der Waals surface area contributed by atoms with Gasteiger partial charge in [0, 0.05) is 11.6 Å². The van der Waals surface area contributed by atoms with Gasteiger partial charge in [-0.3, -0.25) is 10.1 Å². The largest absolute Gasteiger partial charge is 0.309 e. The van der Waals surface area contributed by atoms with E-state index < -0.39 is 16.4 Å². The lowest BCUT2D eigenvalue weighted by Gasteiger charge is -1.94. The number of nitrogens with one attached hydrogen (secondary N) is 1. The maximum atomic E-state index is 13.1. The summed E-state index contributed by atoms with van der Waals surface area (Å²) >= 11 is 0. The second-order valence-electron chi connectivity index (χ2n) is 2.76. The number of hydrogen-bond donors (Lipinski definition) is 1. The molecule has 0 fully saturated rings. The first-order valence-electron chi connectivity index (χ1n) is 4.22. The van der Waals surface area contributed by atoms with Gasteiger partial charge in [-0.1, -0.05) is 11.8 Å². The second-order valence-corrected chi connectivity index (χ2v) is 2.76. The van der Waals surface area contributed by atoms with E-state index in [1.165, 1.54) is 6.07 Å². The average Bonchev–Trinajstić information content (AvgIpc) is 2.17. The minimum Gasteiger partial charge on any atom is -0.309 e. The van der Waals surface area contributed by atoms with Crippen molar-refractivity contribution in [2.45, 2.75) is 0 Å². The topological polar surface area (TPSA) is 55.2 Å². The van der Waals surface area contributed by atoms with Crippen molar-refractivity contribution >= 4 is 5.69 Å². The zero-order chi connectivity index (χ0) is 11.3. The Bertz CT molecular complexity index is 435. The number of rotatable bonds is 2. The monoisotopic (exact) mass is 208 g/mol. The van der Waals surface area contributed by atoms with Gasteiger partial charge in [-0.2, -0.15) is 4.39 Å². The Morgan fingerprint density at radius 2 is 2.33 bits per heavy atom. The summed E-state index contributed by atoms with van der Waals surface area (Å²) in [6.07, 6.45) is 0. The number of hydrogen-bond acceptors (Lipinski definition) is 3. The standard InChI is InChI=1S/C10H9FN2O2/c1-12-6-2-3-8-4-5-10(13(14)15)9(11)7-8/h4-5,7,12H,6H2,1H3. The van der Waals surface area contributed by atoms with E-state index in [-0.39, 0.29) is 0 Å². The van der Waals surface area contributed by atoms with Crippen molar-refractivity contribution in [3.05, 3.63) is 39.7 Å². The summed E-state index contributed by atoms with van der Waals surface area (Å²) in [4.78, 5) is 9.55. The number of nitro benzene ring substituents is 1. The molecule has 0 aromatic heterocycles. The maximum absolute atomic E-state index is 13.1. The summed E-state index contributed by atoms with van der Waals surface area (Å²) in [5, 5.41) is 13.1. The van der Waals surface area contributed by atoms with E-state index in [9.17, 15) is 14.5 Å². The molecule has 0 heterocycles. The summed E-state index contributed by atoms with van der Waals surface area (Å²) in [5.74, 6) is 4.54. The first-order valence-corrected chi connectivity index (χ1v) is 4.22. The Kier molecular flexibility index (Phi) is 3.77. The minimum absolute atomic E-state index is 0.424. The van der Waals surface area contributed by atoms with Gasteiger partial charge in [0.25, 0.3) is 0 Å². The molecule has 0 atom stereocenters. The first-order chi connectivity index (χ1) is 7.15. The summed E-state index contributed by atoms with van der Waals surface area (Å²) in [6, 6.07) is 3.59. The molecule has 1 aromatic carbocycles. The minimum atomic E-state index is -0.865. The van der Waals surface area contributed by atoms with Crippen LogP contribution in [0.25, 0.3) is 0 Å². The molecule has 15 heavy (non-hydrogen) atoms. The van der Waals surface area contributed by atoms with Gasteiger partial charge < -0.3 is 5.32 Å². The molecule has 0 saturated heterocycles. The molecule has 0 amide bonds. The van der Waals surface area contributed by atoms with Crippen LogP contribution in [-0.2, 0) is 0 Å². The molecule has 1 N–H and O–H groups in total. The molecule has 1 aromatic rings. The van der Waals surface area contributed by atoms with Gasteiger partial charge in [0.2, 0.25) is 5.82 Å². The third kappa shape index (κ3) is 3.04. The Morgan fingerprint density at radius 1 is 1.60 bits per heavy atom. The highest BCUT2D eigenvalue weighted by Gasteiger charge is 2.12. The normalized spacial score (nSPS) is 9.20. The van der Waals surface area contributed by atoms with E-state index in [0.29, 0.717) is 12.1 Å². The van der Waals surface area contributed by atoms with Crippen LogP contribution in [0.15, 0.2) is 18.2 Å². The van der Waals surface area contributed by atoms with Gasteiger partial charge in [0.05, 0.1) is 11.5 Å². The maximum Gasteiger partial charge on any atom is 0.304 e. The smallest absolute Gasteiger partial charge is 0.304 e. The third-order valence-corrected chi connectivity index (χ3v) is 1.64. The fourth-order valence-electron chi connectivity index (χ4n) is 0.967. The highest BCUT2D eigenvalue weighted by molar-refractivity contribution is 5.42. The van der Waals surface area contributed by atoms with E-state index >= 15 is 0 Å². The summed E-state index contributed by atoms with van der Waals surface area (Å²) in [7, 11) is 1.74. The molecular formula is C10H9FN2O2. The fraction of sp³-hybridized carbons (Fsp3) is 0.200. The van der Waals surface area contributed by atoms with Crippen molar-refractivity contribution in [2.75, 3.05) is 13.6 Å². The van der Waals surface area contributed by atoms with Crippen LogP contribution in [0.1, 0.15) is 5.56 Å². The van der Waals surface area contributed by atoms with Gasteiger partial charge in [-0.05, 0) is 19.2 Å². The number of nitro groups is 1. The predicted molar refractivity (Wildman–Crippen MR) is 53.9 cm³/mol. The third-order valence-electron chi connectivity index (χ3n) is 1.64. The summed E-state index contributed by atoms with van der Waals surface area (Å²) < 4.78 is 13.1. The lowest BCUT2D eigenvalue weighted by molar-refractivity contribution is -0.387. The van der Waals surface area contributed by atoms with E-state index in [4.69, 9.17) is 0 Å².